The van der Waals surface area contributed by atoms with Crippen LogP contribution in [0.4, 0.5) is 0 Å². The van der Waals surface area contributed by atoms with Gasteiger partial charge in [-0.3, -0.25) is 4.79 Å². The smallest absolute Gasteiger partial charge is 0.307 e. The van der Waals surface area contributed by atoms with E-state index in [1.807, 2.05) is 0 Å². The van der Waals surface area contributed by atoms with Gasteiger partial charge in [0.2, 0.25) is 0 Å². The maximum atomic E-state index is 10.5. The zero-order valence-electron chi connectivity index (χ0n) is 8.87. The van der Waals surface area contributed by atoms with E-state index >= 15 is 0 Å². The highest BCUT2D eigenvalue weighted by molar-refractivity contribution is 5.70. The van der Waals surface area contributed by atoms with Gasteiger partial charge in [0.25, 0.3) is 0 Å². The minimum Gasteiger partial charge on any atom is -0.508 e. The lowest BCUT2D eigenvalue weighted by Crippen LogP contribution is -2.01. The molecule has 0 unspecified atom stereocenters. The Morgan fingerprint density at radius 2 is 1.71 bits per heavy atom. The van der Waals surface area contributed by atoms with Crippen molar-refractivity contribution < 1.29 is 15.0 Å². The predicted octanol–water partition coefficient (Wildman–Crippen LogP) is 1.48. The fourth-order valence-corrected chi connectivity index (χ4v) is 1.38. The Labute approximate surface area is 97.4 Å². The van der Waals surface area contributed by atoms with Crippen molar-refractivity contribution >= 4 is 5.97 Å². The average molecular weight is 230 g/mol. The molecule has 2 N–H and O–H groups in total. The van der Waals surface area contributed by atoms with Crippen molar-refractivity contribution in [2.24, 2.45) is 0 Å². The van der Waals surface area contributed by atoms with Crippen LogP contribution >= 0.6 is 0 Å². The highest BCUT2D eigenvalue weighted by Gasteiger charge is 2.04. The van der Waals surface area contributed by atoms with Crippen molar-refractivity contribution in [2.45, 2.75) is 6.42 Å². The lowest BCUT2D eigenvalue weighted by molar-refractivity contribution is -0.136. The van der Waals surface area contributed by atoms with Crippen LogP contribution in [0.25, 0.3) is 11.4 Å². The summed E-state index contributed by atoms with van der Waals surface area (Å²) in [6.45, 7) is 0. The number of rotatable bonds is 3. The molecule has 0 saturated carbocycles. The van der Waals surface area contributed by atoms with Gasteiger partial charge in [-0.2, -0.15) is 0 Å². The number of carboxylic acids is 1. The lowest BCUT2D eigenvalue weighted by Gasteiger charge is -2.01. The number of benzene rings is 1. The number of aromatic hydroxyl groups is 1. The first-order chi connectivity index (χ1) is 8.15. The number of phenols is 1. The highest BCUT2D eigenvalue weighted by Crippen LogP contribution is 2.17. The molecule has 0 fully saturated rings. The number of aromatic nitrogens is 2. The van der Waals surface area contributed by atoms with Crippen LogP contribution in [0.5, 0.6) is 5.75 Å². The highest BCUT2D eigenvalue weighted by atomic mass is 16.4. The van der Waals surface area contributed by atoms with E-state index < -0.39 is 5.97 Å². The van der Waals surface area contributed by atoms with Crippen LogP contribution < -0.4 is 0 Å². The molecule has 1 heterocycles. The van der Waals surface area contributed by atoms with Crippen LogP contribution in [-0.4, -0.2) is 26.2 Å². The molecule has 2 rings (SSSR count). The van der Waals surface area contributed by atoms with Crippen molar-refractivity contribution in [1.82, 2.24) is 9.97 Å². The molecule has 0 aliphatic rings. The van der Waals surface area contributed by atoms with Gasteiger partial charge in [0, 0.05) is 18.0 Å². The second-order valence-electron chi connectivity index (χ2n) is 3.53. The van der Waals surface area contributed by atoms with Crippen LogP contribution in [0.3, 0.4) is 0 Å². The Balaban J connectivity index is 2.23. The van der Waals surface area contributed by atoms with Gasteiger partial charge in [-0.1, -0.05) is 0 Å². The summed E-state index contributed by atoms with van der Waals surface area (Å²) in [6.07, 6.45) is 2.89. The molecular formula is C12H10N2O3. The summed E-state index contributed by atoms with van der Waals surface area (Å²) in [6, 6.07) is 6.48. The Hall–Kier alpha value is -2.43. The molecule has 0 spiro atoms. The minimum absolute atomic E-state index is 0.0874. The molecule has 1 aromatic carbocycles. The number of hydrogen-bond acceptors (Lipinski definition) is 4. The zero-order chi connectivity index (χ0) is 12.3. The molecule has 86 valence electrons. The molecule has 17 heavy (non-hydrogen) atoms. The summed E-state index contributed by atoms with van der Waals surface area (Å²) in [4.78, 5) is 18.6. The fourth-order valence-electron chi connectivity index (χ4n) is 1.38. The molecule has 1 aromatic heterocycles. The molecule has 5 nitrogen and oxygen atoms in total. The molecule has 0 atom stereocenters. The number of hydrogen-bond donors (Lipinski definition) is 2. The largest absolute Gasteiger partial charge is 0.508 e. The van der Waals surface area contributed by atoms with Gasteiger partial charge in [-0.05, 0) is 29.8 Å². The summed E-state index contributed by atoms with van der Waals surface area (Å²) in [5.41, 5.74) is 1.32. The van der Waals surface area contributed by atoms with E-state index in [2.05, 4.69) is 9.97 Å². The Morgan fingerprint density at radius 3 is 2.24 bits per heavy atom. The lowest BCUT2D eigenvalue weighted by atomic mass is 10.2. The number of carboxylic acid groups (broad SMARTS) is 1. The fraction of sp³-hybridized carbons (Fsp3) is 0.0833. The van der Waals surface area contributed by atoms with E-state index in [1.54, 1.807) is 24.3 Å². The molecule has 0 saturated heterocycles. The molecular weight excluding hydrogens is 220 g/mol. The SMILES string of the molecule is O=C(O)Cc1cnc(-c2ccc(O)cc2)nc1. The van der Waals surface area contributed by atoms with Crippen molar-refractivity contribution in [1.29, 1.82) is 0 Å². The number of nitrogens with zero attached hydrogens (tertiary/aromatic N) is 2. The van der Waals surface area contributed by atoms with Crippen LogP contribution in [0.15, 0.2) is 36.7 Å². The predicted molar refractivity (Wildman–Crippen MR) is 60.5 cm³/mol. The van der Waals surface area contributed by atoms with Gasteiger partial charge >= 0.3 is 5.97 Å². The van der Waals surface area contributed by atoms with E-state index in [-0.39, 0.29) is 12.2 Å². The summed E-state index contributed by atoms with van der Waals surface area (Å²) < 4.78 is 0. The third-order valence-corrected chi connectivity index (χ3v) is 2.19. The normalized spacial score (nSPS) is 10.1. The monoisotopic (exact) mass is 230 g/mol. The molecule has 0 bridgehead atoms. The second-order valence-corrected chi connectivity index (χ2v) is 3.53. The Kier molecular flexibility index (Phi) is 3.00. The van der Waals surface area contributed by atoms with Crippen molar-refractivity contribution in [3.8, 4) is 17.1 Å². The average Bonchev–Trinajstić information content (AvgIpc) is 2.30. The number of aliphatic carboxylic acids is 1. The van der Waals surface area contributed by atoms with E-state index in [4.69, 9.17) is 10.2 Å². The van der Waals surface area contributed by atoms with Crippen molar-refractivity contribution in [2.75, 3.05) is 0 Å². The summed E-state index contributed by atoms with van der Waals surface area (Å²) in [7, 11) is 0. The van der Waals surface area contributed by atoms with Gasteiger partial charge in [0.1, 0.15) is 5.75 Å². The molecule has 5 heteroatoms. The van der Waals surface area contributed by atoms with E-state index in [1.165, 1.54) is 12.4 Å². The Bertz CT molecular complexity index is 520. The van der Waals surface area contributed by atoms with E-state index in [0.717, 1.165) is 5.56 Å². The Morgan fingerprint density at radius 1 is 1.12 bits per heavy atom. The van der Waals surface area contributed by atoms with Crippen LogP contribution in [0.1, 0.15) is 5.56 Å². The van der Waals surface area contributed by atoms with E-state index in [9.17, 15) is 4.79 Å². The topological polar surface area (TPSA) is 83.3 Å². The maximum absolute atomic E-state index is 10.5. The molecule has 0 aliphatic heterocycles. The number of phenolic OH excluding ortho intramolecular Hbond substituents is 1. The third-order valence-electron chi connectivity index (χ3n) is 2.19. The quantitative estimate of drug-likeness (QED) is 0.834. The van der Waals surface area contributed by atoms with Gasteiger partial charge in [0.15, 0.2) is 5.82 Å². The maximum Gasteiger partial charge on any atom is 0.307 e. The first kappa shape index (κ1) is 11.1. The first-order valence-corrected chi connectivity index (χ1v) is 4.97. The summed E-state index contributed by atoms with van der Waals surface area (Å²) in [5.74, 6) is -0.235. The van der Waals surface area contributed by atoms with Crippen LogP contribution in [0, 0.1) is 0 Å². The molecule has 2 aromatic rings. The van der Waals surface area contributed by atoms with Gasteiger partial charge in [0.05, 0.1) is 6.42 Å². The van der Waals surface area contributed by atoms with Crippen molar-refractivity contribution in [3.63, 3.8) is 0 Å². The van der Waals surface area contributed by atoms with Crippen LogP contribution in [-0.2, 0) is 11.2 Å². The second kappa shape index (κ2) is 4.61. The molecule has 0 radical (unpaired) electrons. The summed E-state index contributed by atoms with van der Waals surface area (Å²) in [5, 5.41) is 17.7. The standard InChI is InChI=1S/C12H10N2O3/c15-10-3-1-9(2-4-10)12-13-6-8(7-14-12)5-11(16)17/h1-4,6-7,15H,5H2,(H,16,17). The van der Waals surface area contributed by atoms with Crippen LogP contribution in [0.2, 0.25) is 0 Å². The van der Waals surface area contributed by atoms with E-state index in [0.29, 0.717) is 11.4 Å². The van der Waals surface area contributed by atoms with Gasteiger partial charge < -0.3 is 10.2 Å². The third kappa shape index (κ3) is 2.78. The van der Waals surface area contributed by atoms with Gasteiger partial charge in [-0.25, -0.2) is 9.97 Å². The zero-order valence-corrected chi connectivity index (χ0v) is 8.87. The molecule has 0 amide bonds. The minimum atomic E-state index is -0.911. The van der Waals surface area contributed by atoms with Crippen molar-refractivity contribution in [3.05, 3.63) is 42.2 Å². The summed E-state index contributed by atoms with van der Waals surface area (Å²) >= 11 is 0. The number of carbonyl (C=O) groups is 1. The van der Waals surface area contributed by atoms with Gasteiger partial charge in [-0.15, -0.1) is 0 Å². The first-order valence-electron chi connectivity index (χ1n) is 4.97. The molecule has 0 aliphatic carbocycles.